The molecule has 0 radical (unpaired) electrons. The second kappa shape index (κ2) is 8.42. The maximum Gasteiger partial charge on any atom is 0.229 e. The number of benzene rings is 3. The number of anilines is 1. The third kappa shape index (κ3) is 4.68. The number of amidine groups is 1. The van der Waals surface area contributed by atoms with E-state index in [0.717, 1.165) is 6.07 Å². The lowest BCUT2D eigenvalue weighted by atomic mass is 10.1. The molecule has 0 aliphatic heterocycles. The van der Waals surface area contributed by atoms with Gasteiger partial charge in [0.05, 0.1) is 5.69 Å². The molecule has 136 valence electrons. The zero-order valence-corrected chi connectivity index (χ0v) is 14.7. The van der Waals surface area contributed by atoms with E-state index in [1.807, 2.05) is 0 Å². The van der Waals surface area contributed by atoms with E-state index >= 15 is 0 Å². The van der Waals surface area contributed by atoms with Crippen LogP contribution in [0.2, 0.25) is 5.02 Å². The number of hydrazine groups is 1. The Morgan fingerprint density at radius 2 is 1.59 bits per heavy atom. The van der Waals surface area contributed by atoms with E-state index in [0.29, 0.717) is 16.3 Å². The van der Waals surface area contributed by atoms with E-state index in [-0.39, 0.29) is 11.5 Å². The summed E-state index contributed by atoms with van der Waals surface area (Å²) in [6.45, 7) is 0. The van der Waals surface area contributed by atoms with Crippen molar-refractivity contribution in [2.45, 2.75) is 0 Å². The minimum atomic E-state index is -1.14. The molecule has 3 rings (SSSR count). The molecule has 0 bridgehead atoms. The van der Waals surface area contributed by atoms with Crippen molar-refractivity contribution in [3.8, 4) is 0 Å². The summed E-state index contributed by atoms with van der Waals surface area (Å²) in [6.07, 6.45) is 0. The number of rotatable bonds is 5. The van der Waals surface area contributed by atoms with Crippen LogP contribution in [0.25, 0.3) is 0 Å². The molecule has 3 aromatic rings. The Kier molecular flexibility index (Phi) is 5.78. The molecule has 0 aliphatic rings. The number of carbonyl (C=O) groups is 1. The fourth-order valence-electron chi connectivity index (χ4n) is 2.23. The largest absolute Gasteiger partial charge is 0.300 e. The van der Waals surface area contributed by atoms with Crippen LogP contribution >= 0.6 is 11.6 Å². The Morgan fingerprint density at radius 1 is 0.889 bits per heavy atom. The molecule has 0 saturated heterocycles. The van der Waals surface area contributed by atoms with Gasteiger partial charge in [-0.1, -0.05) is 48.0 Å². The Labute approximate surface area is 159 Å². The van der Waals surface area contributed by atoms with Crippen molar-refractivity contribution in [1.82, 2.24) is 5.43 Å². The summed E-state index contributed by atoms with van der Waals surface area (Å²) >= 11 is 5.84. The van der Waals surface area contributed by atoms with E-state index < -0.39 is 17.4 Å². The molecule has 0 spiro atoms. The lowest BCUT2D eigenvalue weighted by Gasteiger charge is -2.12. The second-order valence-electron chi connectivity index (χ2n) is 5.49. The fourth-order valence-corrected chi connectivity index (χ4v) is 2.35. The van der Waals surface area contributed by atoms with Gasteiger partial charge < -0.3 is 0 Å². The highest BCUT2D eigenvalue weighted by atomic mass is 35.5. The van der Waals surface area contributed by atoms with Gasteiger partial charge in [0.2, 0.25) is 5.78 Å². The third-order valence-electron chi connectivity index (χ3n) is 3.58. The van der Waals surface area contributed by atoms with E-state index in [9.17, 15) is 13.6 Å². The zero-order valence-electron chi connectivity index (χ0n) is 13.9. The molecule has 0 atom stereocenters. The Bertz CT molecular complexity index is 976. The van der Waals surface area contributed by atoms with Crippen molar-refractivity contribution in [2.24, 2.45) is 4.99 Å². The lowest BCUT2D eigenvalue weighted by Crippen LogP contribution is -2.35. The van der Waals surface area contributed by atoms with Crippen LogP contribution in [0.3, 0.4) is 0 Å². The second-order valence-corrected chi connectivity index (χ2v) is 5.92. The predicted molar refractivity (Wildman–Crippen MR) is 102 cm³/mol. The summed E-state index contributed by atoms with van der Waals surface area (Å²) in [5.41, 5.74) is 6.13. The van der Waals surface area contributed by atoms with Crippen molar-refractivity contribution in [1.29, 1.82) is 0 Å². The Balaban J connectivity index is 1.93. The third-order valence-corrected chi connectivity index (χ3v) is 3.84. The van der Waals surface area contributed by atoms with Gasteiger partial charge >= 0.3 is 0 Å². The van der Waals surface area contributed by atoms with Crippen molar-refractivity contribution >= 4 is 34.6 Å². The number of nitrogens with one attached hydrogen (secondary N) is 2. The summed E-state index contributed by atoms with van der Waals surface area (Å²) in [5.74, 6) is -2.86. The van der Waals surface area contributed by atoms with Gasteiger partial charge in [-0.05, 0) is 36.4 Å². The standard InChI is InChI=1S/C20H14ClF2N3O/c21-14-9-11-15(12-10-14)25-26-20(19(27)13-5-2-1-3-6-13)24-17-8-4-7-16(22)18(17)23/h1-12,25H,(H,24,26). The van der Waals surface area contributed by atoms with Crippen molar-refractivity contribution in [3.63, 3.8) is 0 Å². The van der Waals surface area contributed by atoms with Gasteiger partial charge in [-0.15, -0.1) is 0 Å². The van der Waals surface area contributed by atoms with Gasteiger partial charge in [0.1, 0.15) is 5.69 Å². The summed E-state index contributed by atoms with van der Waals surface area (Å²) in [6, 6.07) is 18.6. The van der Waals surface area contributed by atoms with E-state index in [1.54, 1.807) is 54.6 Å². The minimum Gasteiger partial charge on any atom is -0.300 e. The maximum atomic E-state index is 14.0. The van der Waals surface area contributed by atoms with Gasteiger partial charge in [-0.25, -0.2) is 13.8 Å². The number of hydrogen-bond acceptors (Lipinski definition) is 3. The highest BCUT2D eigenvalue weighted by Gasteiger charge is 2.16. The number of ketones is 1. The first-order chi connectivity index (χ1) is 13.0. The van der Waals surface area contributed by atoms with Gasteiger partial charge in [0, 0.05) is 10.6 Å². The van der Waals surface area contributed by atoms with Crippen LogP contribution in [0.15, 0.2) is 77.8 Å². The van der Waals surface area contributed by atoms with Gasteiger partial charge in [-0.3, -0.25) is 15.6 Å². The van der Waals surface area contributed by atoms with E-state index in [1.165, 1.54) is 12.1 Å². The van der Waals surface area contributed by atoms with Crippen LogP contribution in [0.1, 0.15) is 10.4 Å². The SMILES string of the molecule is O=C(C(=Nc1cccc(F)c1F)NNc1ccc(Cl)cc1)c1ccccc1. The molecule has 2 N–H and O–H groups in total. The van der Waals surface area contributed by atoms with Crippen LogP contribution in [-0.2, 0) is 0 Å². The molecule has 7 heteroatoms. The summed E-state index contributed by atoms with van der Waals surface area (Å²) in [7, 11) is 0. The number of hydrogen-bond donors (Lipinski definition) is 2. The molecule has 0 amide bonds. The average Bonchev–Trinajstić information content (AvgIpc) is 2.69. The first-order valence-electron chi connectivity index (χ1n) is 7.94. The Hall–Kier alpha value is -3.25. The molecule has 3 aromatic carbocycles. The zero-order chi connectivity index (χ0) is 19.2. The molecular weight excluding hydrogens is 372 g/mol. The normalized spacial score (nSPS) is 11.1. The Morgan fingerprint density at radius 3 is 2.30 bits per heavy atom. The number of nitrogens with zero attached hydrogens (tertiary/aromatic N) is 1. The number of Topliss-reactive ketones (excluding diaryl/α,β-unsaturated/α-hetero) is 1. The molecule has 0 unspecified atom stereocenters. The van der Waals surface area contributed by atoms with Gasteiger partial charge in [0.25, 0.3) is 0 Å². The smallest absolute Gasteiger partial charge is 0.229 e. The minimum absolute atomic E-state index is 0.194. The lowest BCUT2D eigenvalue weighted by molar-refractivity contribution is 0.106. The van der Waals surface area contributed by atoms with Crippen LogP contribution in [0, 0.1) is 11.6 Å². The van der Waals surface area contributed by atoms with Crippen LogP contribution < -0.4 is 10.9 Å². The topological polar surface area (TPSA) is 53.5 Å². The number of carbonyl (C=O) groups excluding carboxylic acids is 1. The number of aliphatic imine (C=N–C) groups is 1. The molecule has 0 heterocycles. The van der Waals surface area contributed by atoms with Crippen molar-refractivity contribution in [3.05, 3.63) is 95.0 Å². The maximum absolute atomic E-state index is 14.0. The van der Waals surface area contributed by atoms with Crippen LogP contribution in [0.4, 0.5) is 20.2 Å². The monoisotopic (exact) mass is 385 g/mol. The molecule has 0 aliphatic carbocycles. The summed E-state index contributed by atoms with van der Waals surface area (Å²) < 4.78 is 27.4. The quantitative estimate of drug-likeness (QED) is 0.276. The molecule has 0 aromatic heterocycles. The highest BCUT2D eigenvalue weighted by Crippen LogP contribution is 2.20. The molecule has 4 nitrogen and oxygen atoms in total. The number of halogens is 3. The van der Waals surface area contributed by atoms with Gasteiger partial charge in [0.15, 0.2) is 17.5 Å². The van der Waals surface area contributed by atoms with Crippen molar-refractivity contribution in [2.75, 3.05) is 5.43 Å². The first-order valence-corrected chi connectivity index (χ1v) is 8.32. The van der Waals surface area contributed by atoms with Crippen molar-refractivity contribution < 1.29 is 13.6 Å². The predicted octanol–water partition coefficient (Wildman–Crippen LogP) is 5.15. The molecule has 0 saturated carbocycles. The van der Waals surface area contributed by atoms with E-state index in [2.05, 4.69) is 15.8 Å². The van der Waals surface area contributed by atoms with Crippen LogP contribution in [0.5, 0.6) is 0 Å². The van der Waals surface area contributed by atoms with Crippen LogP contribution in [-0.4, -0.2) is 11.6 Å². The first kappa shape index (κ1) is 18.5. The summed E-state index contributed by atoms with van der Waals surface area (Å²) in [5, 5.41) is 0.552. The summed E-state index contributed by atoms with van der Waals surface area (Å²) in [4.78, 5) is 16.7. The molecule has 0 fully saturated rings. The highest BCUT2D eigenvalue weighted by molar-refractivity contribution is 6.45. The van der Waals surface area contributed by atoms with E-state index in [4.69, 9.17) is 11.6 Å². The fraction of sp³-hybridized carbons (Fsp3) is 0. The molecular formula is C20H14ClF2N3O. The van der Waals surface area contributed by atoms with Gasteiger partial charge in [-0.2, -0.15) is 0 Å². The molecule has 27 heavy (non-hydrogen) atoms. The average molecular weight is 386 g/mol.